The summed E-state index contributed by atoms with van der Waals surface area (Å²) in [5.41, 5.74) is 1.64. The van der Waals surface area contributed by atoms with Gasteiger partial charge in [0.25, 0.3) is 5.56 Å². The predicted molar refractivity (Wildman–Crippen MR) is 86.8 cm³/mol. The van der Waals surface area contributed by atoms with Crippen molar-refractivity contribution in [2.45, 2.75) is 64.3 Å². The van der Waals surface area contributed by atoms with Gasteiger partial charge in [0.2, 0.25) is 0 Å². The Hall–Kier alpha value is -1.64. The zero-order valence-electron chi connectivity index (χ0n) is 13.2. The van der Waals surface area contributed by atoms with Crippen molar-refractivity contribution < 1.29 is 0 Å². The minimum atomic E-state index is -0.213. The molecule has 1 aliphatic rings. The molecule has 0 saturated heterocycles. The van der Waals surface area contributed by atoms with E-state index in [0.717, 1.165) is 5.39 Å². The zero-order chi connectivity index (χ0) is 15.0. The average molecular weight is 284 g/mol. The number of hydrogen-bond donors (Lipinski definition) is 0. The molecule has 0 radical (unpaired) electrons. The Balaban J connectivity index is 2.28. The predicted octanol–water partition coefficient (Wildman–Crippen LogP) is 4.20. The van der Waals surface area contributed by atoms with Gasteiger partial charge >= 0.3 is 0 Å². The van der Waals surface area contributed by atoms with Crippen LogP contribution in [0.5, 0.6) is 0 Å². The summed E-state index contributed by atoms with van der Waals surface area (Å²) in [5, 5.41) is 0.976. The van der Waals surface area contributed by atoms with Crippen LogP contribution in [0.25, 0.3) is 10.9 Å². The van der Waals surface area contributed by atoms with E-state index in [0.29, 0.717) is 11.4 Å². The maximum atomic E-state index is 12.9. The maximum Gasteiger partial charge on any atom is 0.277 e. The van der Waals surface area contributed by atoms with Gasteiger partial charge in [-0.3, -0.25) is 9.78 Å². The van der Waals surface area contributed by atoms with Gasteiger partial charge in [0.15, 0.2) is 0 Å². The van der Waals surface area contributed by atoms with E-state index in [1.165, 1.54) is 37.8 Å². The van der Waals surface area contributed by atoms with Crippen molar-refractivity contribution in [3.05, 3.63) is 40.4 Å². The van der Waals surface area contributed by atoms with E-state index < -0.39 is 0 Å². The number of pyridine rings is 2. The normalized spacial score (nSPS) is 17.3. The maximum absolute atomic E-state index is 12.9. The van der Waals surface area contributed by atoms with E-state index in [9.17, 15) is 4.79 Å². The summed E-state index contributed by atoms with van der Waals surface area (Å²) < 4.78 is 1.98. The molecule has 1 saturated carbocycles. The number of nitrogens with zero attached hydrogens (tertiary/aromatic N) is 2. The highest BCUT2D eigenvalue weighted by Gasteiger charge is 2.26. The third kappa shape index (κ3) is 2.61. The van der Waals surface area contributed by atoms with Crippen molar-refractivity contribution in [1.29, 1.82) is 0 Å². The van der Waals surface area contributed by atoms with Gasteiger partial charge in [0, 0.05) is 22.8 Å². The number of hydrogen-bond acceptors (Lipinski definition) is 2. The van der Waals surface area contributed by atoms with Crippen LogP contribution in [0.3, 0.4) is 0 Å². The van der Waals surface area contributed by atoms with Crippen LogP contribution in [-0.4, -0.2) is 9.55 Å². The number of rotatable bonds is 1. The van der Waals surface area contributed by atoms with Crippen LogP contribution in [0.4, 0.5) is 0 Å². The van der Waals surface area contributed by atoms with Crippen molar-refractivity contribution in [3.63, 3.8) is 0 Å². The second-order valence-corrected chi connectivity index (χ2v) is 7.16. The Kier molecular flexibility index (Phi) is 3.60. The van der Waals surface area contributed by atoms with Gasteiger partial charge in [-0.15, -0.1) is 0 Å². The summed E-state index contributed by atoms with van der Waals surface area (Å²) in [6, 6.07) is 6.11. The molecule has 1 aliphatic carbocycles. The minimum Gasteiger partial charge on any atom is -0.305 e. The summed E-state index contributed by atoms with van der Waals surface area (Å²) in [6.45, 7) is 6.32. The molecule has 112 valence electrons. The summed E-state index contributed by atoms with van der Waals surface area (Å²) in [4.78, 5) is 17.2. The van der Waals surface area contributed by atoms with Crippen molar-refractivity contribution in [1.82, 2.24) is 9.55 Å². The summed E-state index contributed by atoms with van der Waals surface area (Å²) in [6.07, 6.45) is 7.97. The lowest BCUT2D eigenvalue weighted by atomic mass is 9.85. The third-order valence-corrected chi connectivity index (χ3v) is 4.50. The highest BCUT2D eigenvalue weighted by molar-refractivity contribution is 5.77. The standard InChI is InChI=1S/C18H24N2O/c1-18(2,3)20-15(13-8-5-4-6-9-13)12-14-10-7-11-19-16(14)17(20)21/h7,10-13H,4-6,8-9H2,1-3H3. The van der Waals surface area contributed by atoms with E-state index in [4.69, 9.17) is 0 Å². The molecule has 21 heavy (non-hydrogen) atoms. The van der Waals surface area contributed by atoms with Gasteiger partial charge in [0.05, 0.1) is 0 Å². The quantitative estimate of drug-likeness (QED) is 0.786. The SMILES string of the molecule is CC(C)(C)n1c(C2CCCCC2)cc2cccnc2c1=O. The van der Waals surface area contributed by atoms with Crippen LogP contribution in [0.2, 0.25) is 0 Å². The summed E-state index contributed by atoms with van der Waals surface area (Å²) in [7, 11) is 0. The van der Waals surface area contributed by atoms with Gasteiger partial charge in [0.1, 0.15) is 5.52 Å². The summed E-state index contributed by atoms with van der Waals surface area (Å²) in [5.74, 6) is 0.510. The van der Waals surface area contributed by atoms with Crippen molar-refractivity contribution in [2.24, 2.45) is 0 Å². The van der Waals surface area contributed by atoms with E-state index in [1.54, 1.807) is 6.20 Å². The summed E-state index contributed by atoms with van der Waals surface area (Å²) >= 11 is 0. The zero-order valence-corrected chi connectivity index (χ0v) is 13.2. The molecule has 0 aromatic carbocycles. The van der Waals surface area contributed by atoms with E-state index >= 15 is 0 Å². The fourth-order valence-corrected chi connectivity index (χ4v) is 3.55. The fourth-order valence-electron chi connectivity index (χ4n) is 3.55. The molecule has 0 spiro atoms. The van der Waals surface area contributed by atoms with Gasteiger partial charge in [-0.05, 0) is 51.7 Å². The molecule has 2 heterocycles. The molecule has 0 atom stereocenters. The van der Waals surface area contributed by atoms with Gasteiger partial charge in [-0.1, -0.05) is 25.3 Å². The van der Waals surface area contributed by atoms with Gasteiger partial charge in [-0.25, -0.2) is 0 Å². The van der Waals surface area contributed by atoms with Crippen LogP contribution in [0, 0.1) is 0 Å². The molecule has 0 amide bonds. The molecule has 3 nitrogen and oxygen atoms in total. The first-order chi connectivity index (χ1) is 9.98. The molecule has 0 bridgehead atoms. The minimum absolute atomic E-state index is 0.0566. The number of fused-ring (bicyclic) bond motifs is 1. The smallest absolute Gasteiger partial charge is 0.277 e. The van der Waals surface area contributed by atoms with Crippen molar-refractivity contribution >= 4 is 10.9 Å². The second kappa shape index (κ2) is 5.28. The van der Waals surface area contributed by atoms with Crippen LogP contribution in [0.15, 0.2) is 29.2 Å². The van der Waals surface area contributed by atoms with E-state index in [2.05, 4.69) is 31.8 Å². The van der Waals surface area contributed by atoms with Crippen LogP contribution >= 0.6 is 0 Å². The molecule has 2 aromatic rings. The lowest BCUT2D eigenvalue weighted by Crippen LogP contribution is -2.37. The lowest BCUT2D eigenvalue weighted by molar-refractivity contribution is 0.340. The first kappa shape index (κ1) is 14.3. The molecule has 0 N–H and O–H groups in total. The Morgan fingerprint density at radius 2 is 1.90 bits per heavy atom. The average Bonchev–Trinajstić information content (AvgIpc) is 2.46. The molecule has 2 aromatic heterocycles. The van der Waals surface area contributed by atoms with Crippen molar-refractivity contribution in [2.75, 3.05) is 0 Å². The molecular weight excluding hydrogens is 260 g/mol. The monoisotopic (exact) mass is 284 g/mol. The van der Waals surface area contributed by atoms with Gasteiger partial charge in [-0.2, -0.15) is 0 Å². The largest absolute Gasteiger partial charge is 0.305 e. The molecule has 3 heteroatoms. The molecule has 0 unspecified atom stereocenters. The first-order valence-electron chi connectivity index (χ1n) is 7.99. The lowest BCUT2D eigenvalue weighted by Gasteiger charge is -2.32. The third-order valence-electron chi connectivity index (χ3n) is 4.50. The fraction of sp³-hybridized carbons (Fsp3) is 0.556. The van der Waals surface area contributed by atoms with E-state index in [1.807, 2.05) is 16.7 Å². The Labute approximate surface area is 126 Å². The first-order valence-corrected chi connectivity index (χ1v) is 7.99. The highest BCUT2D eigenvalue weighted by atomic mass is 16.1. The Morgan fingerprint density at radius 3 is 2.57 bits per heavy atom. The molecule has 3 rings (SSSR count). The van der Waals surface area contributed by atoms with E-state index in [-0.39, 0.29) is 11.1 Å². The highest BCUT2D eigenvalue weighted by Crippen LogP contribution is 2.34. The van der Waals surface area contributed by atoms with Crippen molar-refractivity contribution in [3.8, 4) is 0 Å². The Morgan fingerprint density at radius 1 is 1.19 bits per heavy atom. The molecule has 0 aliphatic heterocycles. The van der Waals surface area contributed by atoms with Gasteiger partial charge < -0.3 is 4.57 Å². The Bertz CT molecular complexity index is 703. The molecule has 1 fully saturated rings. The van der Waals surface area contributed by atoms with Crippen LogP contribution in [0.1, 0.15) is 64.5 Å². The van der Waals surface area contributed by atoms with Crippen LogP contribution in [-0.2, 0) is 5.54 Å². The molecular formula is C18H24N2O. The number of aromatic nitrogens is 2. The second-order valence-electron chi connectivity index (χ2n) is 7.16. The van der Waals surface area contributed by atoms with Crippen LogP contribution < -0.4 is 5.56 Å². The topological polar surface area (TPSA) is 34.9 Å².